The van der Waals surface area contributed by atoms with Gasteiger partial charge in [0.15, 0.2) is 23.0 Å². The number of methoxy groups -OCH3 is 2. The minimum Gasteiger partial charge on any atom is -0.493 e. The molecule has 1 heterocycles. The van der Waals surface area contributed by atoms with Gasteiger partial charge in [-0.2, -0.15) is 0 Å². The zero-order chi connectivity index (χ0) is 21.8. The van der Waals surface area contributed by atoms with E-state index >= 15 is 0 Å². The lowest BCUT2D eigenvalue weighted by Crippen LogP contribution is -2.20. The molecule has 0 aliphatic carbocycles. The molecule has 1 aliphatic rings. The summed E-state index contributed by atoms with van der Waals surface area (Å²) < 4.78 is 34.9. The Balaban J connectivity index is 0.000000207. The molecule has 0 bridgehead atoms. The SMILES string of the molecule is CC(C)(C)c1cccc2c1OCCO2.COc1cc(F)cc(C(C)(C)C)c1OC. The third kappa shape index (κ3) is 5.55. The van der Waals surface area contributed by atoms with Crippen LogP contribution in [0.4, 0.5) is 4.39 Å². The van der Waals surface area contributed by atoms with E-state index in [-0.39, 0.29) is 16.6 Å². The van der Waals surface area contributed by atoms with Crippen LogP contribution in [-0.2, 0) is 10.8 Å². The van der Waals surface area contributed by atoms with Gasteiger partial charge in [0, 0.05) is 17.2 Å². The predicted molar refractivity (Wildman–Crippen MR) is 114 cm³/mol. The second-order valence-electron chi connectivity index (χ2n) is 9.02. The third-order valence-electron chi connectivity index (χ3n) is 4.63. The van der Waals surface area contributed by atoms with Crippen molar-refractivity contribution in [2.24, 2.45) is 0 Å². The van der Waals surface area contributed by atoms with Gasteiger partial charge in [-0.15, -0.1) is 0 Å². The Morgan fingerprint density at radius 2 is 1.45 bits per heavy atom. The molecular weight excluding hydrogens is 371 g/mol. The molecule has 160 valence electrons. The lowest BCUT2D eigenvalue weighted by atomic mass is 9.86. The van der Waals surface area contributed by atoms with E-state index in [0.29, 0.717) is 24.7 Å². The molecular formula is C24H33FO4. The van der Waals surface area contributed by atoms with Crippen LogP contribution in [0.25, 0.3) is 0 Å². The van der Waals surface area contributed by atoms with Crippen LogP contribution in [0.3, 0.4) is 0 Å². The zero-order valence-electron chi connectivity index (χ0n) is 18.8. The van der Waals surface area contributed by atoms with Gasteiger partial charge in [-0.05, 0) is 23.0 Å². The lowest BCUT2D eigenvalue weighted by Gasteiger charge is -2.27. The quantitative estimate of drug-likeness (QED) is 0.625. The van der Waals surface area contributed by atoms with Gasteiger partial charge in [-0.3, -0.25) is 0 Å². The van der Waals surface area contributed by atoms with E-state index in [1.807, 2.05) is 32.9 Å². The summed E-state index contributed by atoms with van der Waals surface area (Å²) in [6.07, 6.45) is 0. The molecule has 5 heteroatoms. The zero-order valence-corrected chi connectivity index (χ0v) is 18.8. The topological polar surface area (TPSA) is 36.9 Å². The Bertz CT molecular complexity index is 832. The number of hydrogen-bond donors (Lipinski definition) is 0. The van der Waals surface area contributed by atoms with Gasteiger partial charge in [-0.25, -0.2) is 4.39 Å². The fraction of sp³-hybridized carbons (Fsp3) is 0.500. The minimum absolute atomic E-state index is 0.103. The highest BCUT2D eigenvalue weighted by Gasteiger charge is 2.24. The van der Waals surface area contributed by atoms with Crippen molar-refractivity contribution in [1.82, 2.24) is 0 Å². The molecule has 0 amide bonds. The molecule has 0 saturated heterocycles. The van der Waals surface area contributed by atoms with Crippen LogP contribution in [0.2, 0.25) is 0 Å². The van der Waals surface area contributed by atoms with Gasteiger partial charge in [0.1, 0.15) is 19.0 Å². The number of fused-ring (bicyclic) bond motifs is 1. The van der Waals surface area contributed by atoms with Gasteiger partial charge >= 0.3 is 0 Å². The molecule has 0 atom stereocenters. The summed E-state index contributed by atoms with van der Waals surface area (Å²) in [5, 5.41) is 0. The van der Waals surface area contributed by atoms with Crippen molar-refractivity contribution in [2.75, 3.05) is 27.4 Å². The van der Waals surface area contributed by atoms with E-state index in [2.05, 4.69) is 26.8 Å². The molecule has 0 N–H and O–H groups in total. The summed E-state index contributed by atoms with van der Waals surface area (Å²) in [6, 6.07) is 8.90. The van der Waals surface area contributed by atoms with Crippen molar-refractivity contribution in [3.05, 3.63) is 47.3 Å². The van der Waals surface area contributed by atoms with Gasteiger partial charge in [0.2, 0.25) is 0 Å². The molecule has 3 rings (SSSR count). The van der Waals surface area contributed by atoms with E-state index in [9.17, 15) is 4.39 Å². The summed E-state index contributed by atoms with van der Waals surface area (Å²) in [6.45, 7) is 13.9. The van der Waals surface area contributed by atoms with Crippen LogP contribution in [0.5, 0.6) is 23.0 Å². The Kier molecular flexibility index (Phi) is 7.04. The summed E-state index contributed by atoms with van der Waals surface area (Å²) in [7, 11) is 3.06. The molecule has 29 heavy (non-hydrogen) atoms. The van der Waals surface area contributed by atoms with Crippen LogP contribution >= 0.6 is 0 Å². The first-order valence-electron chi connectivity index (χ1n) is 9.80. The highest BCUT2D eigenvalue weighted by Crippen LogP contribution is 2.40. The first-order valence-corrected chi connectivity index (χ1v) is 9.80. The fourth-order valence-corrected chi connectivity index (χ4v) is 3.15. The minimum atomic E-state index is -0.308. The second-order valence-corrected chi connectivity index (χ2v) is 9.02. The Morgan fingerprint density at radius 3 is 2.00 bits per heavy atom. The maximum Gasteiger partial charge on any atom is 0.165 e. The number of ether oxygens (including phenoxy) is 4. The highest BCUT2D eigenvalue weighted by atomic mass is 19.1. The van der Waals surface area contributed by atoms with E-state index in [4.69, 9.17) is 18.9 Å². The maximum atomic E-state index is 13.3. The van der Waals surface area contributed by atoms with Crippen LogP contribution in [0.15, 0.2) is 30.3 Å². The van der Waals surface area contributed by atoms with E-state index in [0.717, 1.165) is 17.1 Å². The van der Waals surface area contributed by atoms with Crippen LogP contribution in [0.1, 0.15) is 52.7 Å². The summed E-state index contributed by atoms with van der Waals surface area (Å²) in [4.78, 5) is 0. The number of para-hydroxylation sites is 1. The summed E-state index contributed by atoms with van der Waals surface area (Å²) >= 11 is 0. The smallest absolute Gasteiger partial charge is 0.165 e. The van der Waals surface area contributed by atoms with Crippen LogP contribution in [-0.4, -0.2) is 27.4 Å². The van der Waals surface area contributed by atoms with E-state index < -0.39 is 0 Å². The first kappa shape index (κ1) is 22.9. The maximum absolute atomic E-state index is 13.3. The van der Waals surface area contributed by atoms with Gasteiger partial charge in [0.25, 0.3) is 0 Å². The molecule has 0 aromatic heterocycles. The van der Waals surface area contributed by atoms with Crippen LogP contribution < -0.4 is 18.9 Å². The van der Waals surface area contributed by atoms with Crippen molar-refractivity contribution in [3.63, 3.8) is 0 Å². The largest absolute Gasteiger partial charge is 0.493 e. The summed E-state index contributed by atoms with van der Waals surface area (Å²) in [5.74, 6) is 2.53. The van der Waals surface area contributed by atoms with E-state index in [1.54, 1.807) is 7.11 Å². The molecule has 0 saturated carbocycles. The Hall–Kier alpha value is -2.43. The van der Waals surface area contributed by atoms with Crippen molar-refractivity contribution >= 4 is 0 Å². The predicted octanol–water partition coefficient (Wildman–Crippen LogP) is 5.90. The van der Waals surface area contributed by atoms with Crippen molar-refractivity contribution in [1.29, 1.82) is 0 Å². The molecule has 0 fully saturated rings. The highest BCUT2D eigenvalue weighted by molar-refractivity contribution is 5.51. The van der Waals surface area contributed by atoms with Crippen molar-refractivity contribution in [3.8, 4) is 23.0 Å². The molecule has 2 aromatic rings. The second kappa shape index (κ2) is 8.93. The van der Waals surface area contributed by atoms with Gasteiger partial charge in [0.05, 0.1) is 14.2 Å². The van der Waals surface area contributed by atoms with Gasteiger partial charge < -0.3 is 18.9 Å². The van der Waals surface area contributed by atoms with E-state index in [1.165, 1.54) is 24.8 Å². The standard InChI is InChI=1S/C12H17FO2.C12H16O2/c1-12(2,3)9-6-8(13)7-10(14-4)11(9)15-5;1-12(2,3)9-5-4-6-10-11(9)14-8-7-13-10/h6-7H,1-5H3;4-6H,7-8H2,1-3H3. The number of rotatable bonds is 2. The average Bonchev–Trinajstić information content (AvgIpc) is 2.65. The number of benzene rings is 2. The van der Waals surface area contributed by atoms with Crippen molar-refractivity contribution in [2.45, 2.75) is 52.4 Å². The first-order chi connectivity index (χ1) is 13.5. The third-order valence-corrected chi connectivity index (χ3v) is 4.63. The fourth-order valence-electron chi connectivity index (χ4n) is 3.15. The normalized spacial score (nSPS) is 13.3. The van der Waals surface area contributed by atoms with Gasteiger partial charge in [-0.1, -0.05) is 53.7 Å². The Morgan fingerprint density at radius 1 is 0.828 bits per heavy atom. The molecule has 0 radical (unpaired) electrons. The monoisotopic (exact) mass is 404 g/mol. The molecule has 0 unspecified atom stereocenters. The number of hydrogen-bond acceptors (Lipinski definition) is 4. The molecule has 0 spiro atoms. The molecule has 1 aliphatic heterocycles. The molecule has 2 aromatic carbocycles. The molecule has 4 nitrogen and oxygen atoms in total. The van der Waals surface area contributed by atoms with Crippen molar-refractivity contribution < 1.29 is 23.3 Å². The number of halogens is 1. The Labute approximate surface area is 173 Å². The summed E-state index contributed by atoms with van der Waals surface area (Å²) in [5.41, 5.74) is 1.95. The average molecular weight is 405 g/mol. The van der Waals surface area contributed by atoms with Crippen LogP contribution in [0, 0.1) is 5.82 Å². The lowest BCUT2D eigenvalue weighted by molar-refractivity contribution is 0.168.